The molecule has 5 N–H and O–H groups in total. The highest BCUT2D eigenvalue weighted by atomic mass is 32.2. The lowest BCUT2D eigenvalue weighted by Gasteiger charge is -2.14. The zero-order valence-electron chi connectivity index (χ0n) is 23.0. The van der Waals surface area contributed by atoms with Crippen molar-refractivity contribution in [3.63, 3.8) is 0 Å². The Bertz CT molecular complexity index is 1570. The van der Waals surface area contributed by atoms with Gasteiger partial charge in [0.25, 0.3) is 0 Å². The third kappa shape index (κ3) is 8.17. The highest BCUT2D eigenvalue weighted by molar-refractivity contribution is 7.92. The maximum absolute atomic E-state index is 15.3. The first-order chi connectivity index (χ1) is 19.6. The van der Waals surface area contributed by atoms with Crippen molar-refractivity contribution in [2.24, 2.45) is 0 Å². The summed E-state index contributed by atoms with van der Waals surface area (Å²) in [5.41, 5.74) is 12.8. The molecule has 0 aliphatic heterocycles. The van der Waals surface area contributed by atoms with E-state index < -0.39 is 28.3 Å². The Morgan fingerprint density at radius 1 is 1.05 bits per heavy atom. The number of aromatic nitrogens is 4. The highest BCUT2D eigenvalue weighted by Gasteiger charge is 2.19. The molecule has 0 unspecified atom stereocenters. The summed E-state index contributed by atoms with van der Waals surface area (Å²) in [4.78, 5) is 16.7. The number of nitrogen functional groups attached to an aromatic ring is 2. The van der Waals surface area contributed by atoms with Crippen LogP contribution < -0.4 is 20.9 Å². The van der Waals surface area contributed by atoms with Gasteiger partial charge in [-0.3, -0.25) is 9.11 Å². The summed E-state index contributed by atoms with van der Waals surface area (Å²) >= 11 is 0. The first kappa shape index (κ1) is 31.4. The number of benzene rings is 2. The fourth-order valence-corrected chi connectivity index (χ4v) is 4.79. The summed E-state index contributed by atoms with van der Waals surface area (Å²) in [5.74, 6) is -0.543. The largest absolute Gasteiger partial charge is 0.494 e. The Morgan fingerprint density at radius 3 is 2.39 bits per heavy atom. The van der Waals surface area contributed by atoms with Crippen molar-refractivity contribution in [1.82, 2.24) is 19.9 Å². The molecular weight excluding hydrogens is 556 g/mol. The summed E-state index contributed by atoms with van der Waals surface area (Å²) < 4.78 is 64.6. The van der Waals surface area contributed by atoms with Crippen LogP contribution in [-0.2, 0) is 14.8 Å². The molecule has 0 amide bonds. The van der Waals surface area contributed by atoms with Gasteiger partial charge in [0, 0.05) is 36.6 Å². The maximum Gasteiger partial charge on any atom is 0.232 e. The van der Waals surface area contributed by atoms with Crippen LogP contribution in [0, 0.1) is 5.82 Å². The third-order valence-corrected chi connectivity index (χ3v) is 6.98. The minimum Gasteiger partial charge on any atom is -0.494 e. The lowest BCUT2D eigenvalue weighted by atomic mass is 10.0. The SMILES string of the molecule is CCCOCC.COc1cc(-c2cccc(NS(=O)(=O)CCCF)c2F)cc2c(N)nc(-c3cnc(N)nc3)nc12. The van der Waals surface area contributed by atoms with Gasteiger partial charge < -0.3 is 20.9 Å². The van der Waals surface area contributed by atoms with E-state index in [0.29, 0.717) is 22.0 Å². The molecule has 0 saturated heterocycles. The predicted molar refractivity (Wildman–Crippen MR) is 156 cm³/mol. The lowest BCUT2D eigenvalue weighted by Crippen LogP contribution is -2.18. The van der Waals surface area contributed by atoms with Gasteiger partial charge in [-0.1, -0.05) is 19.1 Å². The number of methoxy groups -OCH3 is 1. The second-order valence-corrected chi connectivity index (χ2v) is 10.5. The number of anilines is 3. The van der Waals surface area contributed by atoms with Crippen LogP contribution in [0.2, 0.25) is 0 Å². The van der Waals surface area contributed by atoms with Crippen LogP contribution in [0.4, 0.5) is 26.2 Å². The molecule has 0 spiro atoms. The fourth-order valence-electron chi connectivity index (χ4n) is 3.70. The zero-order chi connectivity index (χ0) is 30.0. The van der Waals surface area contributed by atoms with E-state index in [1.807, 2.05) is 6.92 Å². The summed E-state index contributed by atoms with van der Waals surface area (Å²) in [6, 6.07) is 7.38. The van der Waals surface area contributed by atoms with E-state index in [1.54, 1.807) is 12.1 Å². The van der Waals surface area contributed by atoms with Gasteiger partial charge in [-0.05, 0) is 43.5 Å². The smallest absolute Gasteiger partial charge is 0.232 e. The van der Waals surface area contributed by atoms with Crippen LogP contribution in [0.1, 0.15) is 26.7 Å². The average Bonchev–Trinajstić information content (AvgIpc) is 2.96. The standard InChI is InChI=1S/C22H21F2N7O3S.C5H12O/c1-34-17-9-12(14-4-2-5-16(18(14)24)31-35(32,33)7-3-6-23)8-15-19(17)29-21(30-20(15)25)13-10-27-22(26)28-11-13;1-3-5-6-4-2/h2,4-5,8-11,31H,3,6-7H2,1H3,(H2,25,29,30)(H2,26,27,28);3-5H2,1-2H3. The Hall–Kier alpha value is -4.17. The van der Waals surface area contributed by atoms with E-state index in [4.69, 9.17) is 20.9 Å². The summed E-state index contributed by atoms with van der Waals surface area (Å²) in [5, 5.41) is 0.396. The van der Waals surface area contributed by atoms with E-state index >= 15 is 4.39 Å². The Labute approximate surface area is 237 Å². The van der Waals surface area contributed by atoms with Crippen LogP contribution in [0.25, 0.3) is 33.4 Å². The van der Waals surface area contributed by atoms with Crippen molar-refractivity contribution in [2.75, 3.05) is 48.9 Å². The zero-order valence-corrected chi connectivity index (χ0v) is 23.8. The molecule has 4 aromatic rings. The van der Waals surface area contributed by atoms with Crippen molar-refractivity contribution in [3.8, 4) is 28.3 Å². The molecule has 2 heterocycles. The summed E-state index contributed by atoms with van der Waals surface area (Å²) in [7, 11) is -2.49. The Balaban J connectivity index is 0.000000696. The number of rotatable bonds is 11. The second-order valence-electron chi connectivity index (χ2n) is 8.66. The normalized spacial score (nSPS) is 11.1. The number of nitrogens with two attached hydrogens (primary N) is 2. The quantitative estimate of drug-likeness (QED) is 0.210. The van der Waals surface area contributed by atoms with Crippen LogP contribution >= 0.6 is 0 Å². The van der Waals surface area contributed by atoms with Gasteiger partial charge in [0.2, 0.25) is 16.0 Å². The van der Waals surface area contributed by atoms with Gasteiger partial charge in [0.1, 0.15) is 17.1 Å². The first-order valence-electron chi connectivity index (χ1n) is 12.8. The number of nitrogens with zero attached hydrogens (tertiary/aromatic N) is 4. The molecule has 2 aromatic heterocycles. The number of halogens is 2. The average molecular weight is 590 g/mol. The summed E-state index contributed by atoms with van der Waals surface area (Å²) in [6.45, 7) is 5.09. The molecule has 0 radical (unpaired) electrons. The molecule has 14 heteroatoms. The predicted octanol–water partition coefficient (Wildman–Crippen LogP) is 4.60. The van der Waals surface area contributed by atoms with Crippen LogP contribution in [0.5, 0.6) is 5.75 Å². The van der Waals surface area contributed by atoms with Crippen molar-refractivity contribution in [2.45, 2.75) is 26.7 Å². The van der Waals surface area contributed by atoms with Gasteiger partial charge in [0.15, 0.2) is 11.6 Å². The van der Waals surface area contributed by atoms with Gasteiger partial charge in [-0.15, -0.1) is 0 Å². The Morgan fingerprint density at radius 2 is 1.78 bits per heavy atom. The molecular formula is C27H33F2N7O4S. The molecule has 0 atom stereocenters. The molecule has 220 valence electrons. The Kier molecular flexibility index (Phi) is 11.1. The number of sulfonamides is 1. The number of hydrogen-bond donors (Lipinski definition) is 3. The van der Waals surface area contributed by atoms with Gasteiger partial charge in [-0.2, -0.15) is 0 Å². The topological polar surface area (TPSA) is 168 Å². The van der Waals surface area contributed by atoms with Gasteiger partial charge >= 0.3 is 0 Å². The molecule has 0 fully saturated rings. The number of alkyl halides is 1. The molecule has 0 bridgehead atoms. The third-order valence-electron chi connectivity index (χ3n) is 5.62. The van der Waals surface area contributed by atoms with E-state index in [1.165, 1.54) is 37.7 Å². The van der Waals surface area contributed by atoms with Gasteiger partial charge in [0.05, 0.1) is 30.8 Å². The van der Waals surface area contributed by atoms with Crippen molar-refractivity contribution in [1.29, 1.82) is 0 Å². The number of hydrogen-bond acceptors (Lipinski definition) is 10. The first-order valence-corrected chi connectivity index (χ1v) is 14.5. The van der Waals surface area contributed by atoms with Crippen LogP contribution in [-0.4, -0.2) is 61.1 Å². The molecule has 0 saturated carbocycles. The number of fused-ring (bicyclic) bond motifs is 1. The lowest BCUT2D eigenvalue weighted by molar-refractivity contribution is 0.148. The molecule has 0 aliphatic rings. The van der Waals surface area contributed by atoms with E-state index in [9.17, 15) is 12.8 Å². The van der Waals surface area contributed by atoms with Crippen molar-refractivity contribution >= 4 is 38.4 Å². The monoisotopic (exact) mass is 589 g/mol. The minimum atomic E-state index is -3.92. The molecule has 41 heavy (non-hydrogen) atoms. The van der Waals surface area contributed by atoms with E-state index in [-0.39, 0.29) is 41.0 Å². The van der Waals surface area contributed by atoms with Crippen LogP contribution in [0.15, 0.2) is 42.7 Å². The van der Waals surface area contributed by atoms with E-state index in [0.717, 1.165) is 19.6 Å². The number of nitrogens with one attached hydrogen (secondary N) is 1. The minimum absolute atomic E-state index is 0.0892. The summed E-state index contributed by atoms with van der Waals surface area (Å²) in [6.07, 6.45) is 3.86. The molecule has 4 rings (SSSR count). The fraction of sp³-hybridized carbons (Fsp3) is 0.333. The van der Waals surface area contributed by atoms with E-state index in [2.05, 4.69) is 31.6 Å². The van der Waals surface area contributed by atoms with Crippen molar-refractivity contribution in [3.05, 3.63) is 48.5 Å². The molecule has 11 nitrogen and oxygen atoms in total. The van der Waals surface area contributed by atoms with Crippen molar-refractivity contribution < 1.29 is 26.7 Å². The maximum atomic E-state index is 15.3. The van der Waals surface area contributed by atoms with Crippen LogP contribution in [0.3, 0.4) is 0 Å². The molecule has 0 aliphatic carbocycles. The molecule has 2 aromatic carbocycles. The second kappa shape index (κ2) is 14.5. The highest BCUT2D eigenvalue weighted by Crippen LogP contribution is 2.37. The van der Waals surface area contributed by atoms with Gasteiger partial charge in [-0.25, -0.2) is 32.7 Å². The number of ether oxygens (including phenoxy) is 2.